The fourth-order valence-electron chi connectivity index (χ4n) is 0.819. The van der Waals surface area contributed by atoms with Gasteiger partial charge in [0, 0.05) is 12.4 Å². The summed E-state index contributed by atoms with van der Waals surface area (Å²) in [5.41, 5.74) is 2.63. The first-order chi connectivity index (χ1) is 5.36. The van der Waals surface area contributed by atoms with Crippen molar-refractivity contribution in [2.75, 3.05) is 0 Å². The molecule has 0 aromatic carbocycles. The number of fused-ring (bicyclic) bond motifs is 1. The normalized spacial score (nSPS) is 27.5. The van der Waals surface area contributed by atoms with Crippen LogP contribution in [0.15, 0.2) is 27.4 Å². The highest BCUT2D eigenvalue weighted by atomic mass is 16.7. The molecule has 1 unspecified atom stereocenters. The van der Waals surface area contributed by atoms with E-state index in [-0.39, 0.29) is 6.17 Å². The average Bonchev–Trinajstić information content (AvgIpc) is 2.04. The molecule has 0 radical (unpaired) electrons. The minimum atomic E-state index is -0.273. The maximum absolute atomic E-state index is 4.83. The van der Waals surface area contributed by atoms with Crippen molar-refractivity contribution in [3.8, 4) is 0 Å². The minimum Gasteiger partial charge on any atom is -0.386 e. The van der Waals surface area contributed by atoms with E-state index in [1.54, 1.807) is 12.4 Å². The van der Waals surface area contributed by atoms with Gasteiger partial charge in [-0.1, -0.05) is 0 Å². The predicted molar refractivity (Wildman–Crippen MR) is 41.6 cm³/mol. The second kappa shape index (κ2) is 2.28. The molecule has 1 N–H and O–H groups in total. The maximum atomic E-state index is 4.83. The van der Waals surface area contributed by atoms with E-state index < -0.39 is 0 Å². The summed E-state index contributed by atoms with van der Waals surface area (Å²) in [6.45, 7) is 3.51. The Balaban J connectivity index is 2.33. The third kappa shape index (κ3) is 1.05. The monoisotopic (exact) mass is 150 g/mol. The largest absolute Gasteiger partial charge is 0.386 e. The summed E-state index contributed by atoms with van der Waals surface area (Å²) in [5, 5.41) is 0. The molecular weight excluding hydrogens is 144 g/mol. The molecule has 0 aromatic heterocycles. The average molecular weight is 150 g/mol. The van der Waals surface area contributed by atoms with Gasteiger partial charge in [-0.05, 0) is 6.58 Å². The van der Waals surface area contributed by atoms with Crippen LogP contribution in [0.25, 0.3) is 0 Å². The summed E-state index contributed by atoms with van der Waals surface area (Å²) in [4.78, 5) is 16.7. The number of nitrogens with zero attached hydrogens (tertiary/aromatic N) is 3. The molecule has 2 rings (SSSR count). The first-order valence-electron chi connectivity index (χ1n) is 3.12. The van der Waals surface area contributed by atoms with E-state index in [9.17, 15) is 0 Å². The highest BCUT2D eigenvalue weighted by Crippen LogP contribution is 2.07. The van der Waals surface area contributed by atoms with Gasteiger partial charge in [-0.25, -0.2) is 4.99 Å². The predicted octanol–water partition coefficient (Wildman–Crippen LogP) is -0.128. The van der Waals surface area contributed by atoms with Gasteiger partial charge in [0.25, 0.3) is 0 Å². The highest BCUT2D eigenvalue weighted by molar-refractivity contribution is 6.22. The lowest BCUT2D eigenvalue weighted by molar-refractivity contribution is 0.0839. The van der Waals surface area contributed by atoms with Gasteiger partial charge in [0.05, 0.1) is 0 Å². The molecule has 2 aliphatic heterocycles. The van der Waals surface area contributed by atoms with Crippen molar-refractivity contribution in [2.45, 2.75) is 6.17 Å². The highest BCUT2D eigenvalue weighted by Gasteiger charge is 2.20. The van der Waals surface area contributed by atoms with Crippen molar-refractivity contribution < 1.29 is 4.84 Å². The Morgan fingerprint density at radius 1 is 1.55 bits per heavy atom. The Morgan fingerprint density at radius 3 is 3.36 bits per heavy atom. The van der Waals surface area contributed by atoms with Crippen molar-refractivity contribution in [3.63, 3.8) is 0 Å². The van der Waals surface area contributed by atoms with Crippen LogP contribution in [0.4, 0.5) is 0 Å². The minimum absolute atomic E-state index is 0.273. The summed E-state index contributed by atoms with van der Waals surface area (Å²) in [7, 11) is 0. The second-order valence-corrected chi connectivity index (χ2v) is 2.06. The van der Waals surface area contributed by atoms with Crippen molar-refractivity contribution in [1.82, 2.24) is 5.48 Å². The molecule has 56 valence electrons. The van der Waals surface area contributed by atoms with Crippen LogP contribution in [-0.4, -0.2) is 24.4 Å². The molecule has 0 saturated heterocycles. The number of rotatable bonds is 0. The summed E-state index contributed by atoms with van der Waals surface area (Å²) < 4.78 is 0. The van der Waals surface area contributed by atoms with Crippen molar-refractivity contribution in [3.05, 3.63) is 12.5 Å². The fraction of sp³-hybridized carbons (Fsp3) is 0.167. The molecule has 0 spiro atoms. The van der Waals surface area contributed by atoms with Crippen LogP contribution in [-0.2, 0) is 4.84 Å². The summed E-state index contributed by atoms with van der Waals surface area (Å²) in [6.07, 6.45) is 2.90. The molecule has 2 heterocycles. The van der Waals surface area contributed by atoms with Crippen molar-refractivity contribution in [2.24, 2.45) is 15.0 Å². The number of aliphatic imine (C=N–C) groups is 3. The Hall–Kier alpha value is -1.49. The zero-order chi connectivity index (χ0) is 7.68. The topological polar surface area (TPSA) is 58.3 Å². The van der Waals surface area contributed by atoms with Gasteiger partial charge in [0.2, 0.25) is 5.88 Å². The molecule has 5 nitrogen and oxygen atoms in total. The Morgan fingerprint density at radius 2 is 2.45 bits per heavy atom. The van der Waals surface area contributed by atoms with Crippen LogP contribution in [0.3, 0.4) is 0 Å². The molecule has 0 fully saturated rings. The fourth-order valence-corrected chi connectivity index (χ4v) is 0.819. The van der Waals surface area contributed by atoms with Gasteiger partial charge in [0.15, 0.2) is 12.0 Å². The van der Waals surface area contributed by atoms with Gasteiger partial charge < -0.3 is 4.84 Å². The Kier molecular flexibility index (Phi) is 1.29. The van der Waals surface area contributed by atoms with Gasteiger partial charge >= 0.3 is 0 Å². The zero-order valence-electron chi connectivity index (χ0n) is 5.69. The molecule has 0 saturated carbocycles. The molecule has 5 heteroatoms. The Labute approximate surface area is 63.2 Å². The Bertz CT molecular complexity index is 278. The van der Waals surface area contributed by atoms with Gasteiger partial charge in [0.1, 0.15) is 0 Å². The van der Waals surface area contributed by atoms with Crippen molar-refractivity contribution >= 4 is 18.3 Å². The van der Waals surface area contributed by atoms with E-state index in [0.717, 1.165) is 0 Å². The number of nitrogens with one attached hydrogen (secondary N) is 1. The summed E-state index contributed by atoms with van der Waals surface area (Å²) >= 11 is 0. The lowest BCUT2D eigenvalue weighted by atomic mass is 10.4. The van der Waals surface area contributed by atoms with Crippen LogP contribution in [0.2, 0.25) is 0 Å². The number of amidine groups is 1. The molecule has 0 amide bonds. The number of hydroxylamine groups is 1. The zero-order valence-corrected chi connectivity index (χ0v) is 5.69. The first-order valence-corrected chi connectivity index (χ1v) is 3.12. The van der Waals surface area contributed by atoms with Crippen LogP contribution in [0, 0.1) is 0 Å². The van der Waals surface area contributed by atoms with E-state index in [1.807, 2.05) is 0 Å². The van der Waals surface area contributed by atoms with Crippen LogP contribution >= 0.6 is 0 Å². The van der Waals surface area contributed by atoms with E-state index in [4.69, 9.17) is 4.84 Å². The van der Waals surface area contributed by atoms with Crippen LogP contribution < -0.4 is 5.48 Å². The SMILES string of the molecule is C=C1N=C2N=CC=NC2NO1. The smallest absolute Gasteiger partial charge is 0.232 e. The summed E-state index contributed by atoms with van der Waals surface area (Å²) in [5.74, 6) is 0.897. The quantitative estimate of drug-likeness (QED) is 0.523. The van der Waals surface area contributed by atoms with Gasteiger partial charge in [-0.3, -0.25) is 4.99 Å². The van der Waals surface area contributed by atoms with E-state index in [0.29, 0.717) is 11.7 Å². The maximum Gasteiger partial charge on any atom is 0.232 e. The lowest BCUT2D eigenvalue weighted by Gasteiger charge is -2.20. The third-order valence-electron chi connectivity index (χ3n) is 1.28. The van der Waals surface area contributed by atoms with Gasteiger partial charge in [-0.15, -0.1) is 5.48 Å². The van der Waals surface area contributed by atoms with E-state index >= 15 is 0 Å². The summed E-state index contributed by atoms with van der Waals surface area (Å²) in [6, 6.07) is 0. The number of hydrogen-bond acceptors (Lipinski definition) is 5. The van der Waals surface area contributed by atoms with Crippen molar-refractivity contribution in [1.29, 1.82) is 0 Å². The molecule has 0 bridgehead atoms. The molecule has 0 aromatic rings. The van der Waals surface area contributed by atoms with E-state index in [1.165, 1.54) is 0 Å². The number of hydrogen-bond donors (Lipinski definition) is 1. The molecule has 2 aliphatic rings. The second-order valence-electron chi connectivity index (χ2n) is 2.06. The molecule has 0 aliphatic carbocycles. The molecular formula is C6H6N4O. The third-order valence-corrected chi connectivity index (χ3v) is 1.28. The molecule has 1 atom stereocenters. The van der Waals surface area contributed by atoms with E-state index in [2.05, 4.69) is 27.0 Å². The molecule has 11 heavy (non-hydrogen) atoms. The lowest BCUT2D eigenvalue weighted by Crippen LogP contribution is -2.39. The van der Waals surface area contributed by atoms with Crippen LogP contribution in [0.5, 0.6) is 0 Å². The van der Waals surface area contributed by atoms with Crippen LogP contribution in [0.1, 0.15) is 0 Å². The van der Waals surface area contributed by atoms with Gasteiger partial charge in [-0.2, -0.15) is 4.99 Å². The first kappa shape index (κ1) is 6.23. The standard InChI is InChI=1S/C6H6N4O/c1-4-9-5-6(10-11-4)8-3-2-7-5/h2-3,6,10H,1H2.